The van der Waals surface area contributed by atoms with Gasteiger partial charge in [-0.1, -0.05) is 17.7 Å². The number of hydrogen-bond acceptors (Lipinski definition) is 4. The van der Waals surface area contributed by atoms with E-state index in [0.717, 1.165) is 24.0 Å². The highest BCUT2D eigenvalue weighted by atomic mass is 35.5. The van der Waals surface area contributed by atoms with Gasteiger partial charge in [0.05, 0.1) is 23.4 Å². The fourth-order valence-electron chi connectivity index (χ4n) is 2.14. The molecule has 0 spiro atoms. The normalized spacial score (nSPS) is 14.3. The molecule has 0 unspecified atom stereocenters. The summed E-state index contributed by atoms with van der Waals surface area (Å²) in [5.74, 6) is 1.64. The van der Waals surface area contributed by atoms with Crippen molar-refractivity contribution in [3.8, 4) is 11.3 Å². The lowest BCUT2D eigenvalue weighted by Crippen LogP contribution is -2.16. The number of hydrogen-bond donors (Lipinski definition) is 2. The molecule has 3 rings (SSSR count). The Bertz CT molecular complexity index is 667. The molecule has 21 heavy (non-hydrogen) atoms. The van der Waals surface area contributed by atoms with Gasteiger partial charge in [-0.15, -0.1) is 0 Å². The van der Waals surface area contributed by atoms with Crippen molar-refractivity contribution in [2.45, 2.75) is 19.4 Å². The van der Waals surface area contributed by atoms with Crippen LogP contribution in [-0.2, 0) is 6.54 Å². The van der Waals surface area contributed by atoms with Crippen LogP contribution in [0, 0.1) is 16.0 Å². The van der Waals surface area contributed by atoms with Gasteiger partial charge in [-0.25, -0.2) is 4.98 Å². The first-order valence-electron chi connectivity index (χ1n) is 6.82. The number of aromatic nitrogens is 2. The maximum absolute atomic E-state index is 10.9. The molecule has 0 radical (unpaired) electrons. The molecule has 1 fully saturated rings. The fraction of sp³-hybridized carbons (Fsp3) is 0.357. The summed E-state index contributed by atoms with van der Waals surface area (Å²) < 4.78 is 0. The quantitative estimate of drug-likeness (QED) is 0.634. The average molecular weight is 307 g/mol. The van der Waals surface area contributed by atoms with Gasteiger partial charge >= 0.3 is 0 Å². The van der Waals surface area contributed by atoms with E-state index in [2.05, 4.69) is 15.3 Å². The molecule has 1 heterocycles. The molecule has 2 N–H and O–H groups in total. The highest BCUT2D eigenvalue weighted by Gasteiger charge is 2.20. The van der Waals surface area contributed by atoms with Gasteiger partial charge in [0, 0.05) is 11.6 Å². The highest BCUT2D eigenvalue weighted by Crippen LogP contribution is 2.29. The van der Waals surface area contributed by atoms with Crippen LogP contribution in [0.5, 0.6) is 0 Å². The van der Waals surface area contributed by atoms with Crippen molar-refractivity contribution in [3.63, 3.8) is 0 Å². The Labute approximate surface area is 126 Å². The third kappa shape index (κ3) is 3.40. The summed E-state index contributed by atoms with van der Waals surface area (Å²) in [5.41, 5.74) is 1.35. The number of nitro groups is 1. The van der Waals surface area contributed by atoms with Crippen LogP contribution in [0.1, 0.15) is 18.7 Å². The van der Waals surface area contributed by atoms with E-state index in [4.69, 9.17) is 11.6 Å². The number of nitro benzene ring substituents is 1. The highest BCUT2D eigenvalue weighted by molar-refractivity contribution is 6.32. The number of aromatic amines is 1. The molecule has 0 atom stereocenters. The van der Waals surface area contributed by atoms with E-state index in [1.807, 2.05) is 0 Å². The molecule has 6 nitrogen and oxygen atoms in total. The van der Waals surface area contributed by atoms with Crippen LogP contribution in [0.2, 0.25) is 5.02 Å². The summed E-state index contributed by atoms with van der Waals surface area (Å²) in [4.78, 5) is 17.9. The van der Waals surface area contributed by atoms with E-state index in [9.17, 15) is 10.1 Å². The van der Waals surface area contributed by atoms with Crippen LogP contribution in [0.15, 0.2) is 24.4 Å². The van der Waals surface area contributed by atoms with E-state index in [-0.39, 0.29) is 10.7 Å². The Morgan fingerprint density at radius 3 is 3.00 bits per heavy atom. The number of benzene rings is 1. The zero-order valence-electron chi connectivity index (χ0n) is 11.3. The van der Waals surface area contributed by atoms with Gasteiger partial charge in [0.15, 0.2) is 0 Å². The first-order valence-corrected chi connectivity index (χ1v) is 7.20. The summed E-state index contributed by atoms with van der Waals surface area (Å²) >= 11 is 5.81. The van der Waals surface area contributed by atoms with Crippen molar-refractivity contribution in [1.29, 1.82) is 0 Å². The second kappa shape index (κ2) is 5.83. The van der Waals surface area contributed by atoms with E-state index >= 15 is 0 Å². The standard InChI is InChI=1S/C14H15ClN4O2/c15-11-4-3-10(5-13(11)19(20)21)12-7-17-14(18-12)8-16-6-9-1-2-9/h3-5,7,9,16H,1-2,6,8H2,(H,17,18). The first-order chi connectivity index (χ1) is 10.1. The Balaban J connectivity index is 1.72. The van der Waals surface area contributed by atoms with Crippen molar-refractivity contribution in [2.24, 2.45) is 5.92 Å². The average Bonchev–Trinajstić information content (AvgIpc) is 3.16. The van der Waals surface area contributed by atoms with E-state index in [1.54, 1.807) is 12.3 Å². The van der Waals surface area contributed by atoms with Crippen molar-refractivity contribution >= 4 is 17.3 Å². The molecule has 0 bridgehead atoms. The van der Waals surface area contributed by atoms with Crippen molar-refractivity contribution in [3.05, 3.63) is 45.4 Å². The van der Waals surface area contributed by atoms with Crippen molar-refractivity contribution in [2.75, 3.05) is 6.54 Å². The third-order valence-corrected chi connectivity index (χ3v) is 3.82. The number of nitrogens with zero attached hydrogens (tertiary/aromatic N) is 2. The van der Waals surface area contributed by atoms with Crippen LogP contribution >= 0.6 is 11.6 Å². The van der Waals surface area contributed by atoms with Crippen LogP contribution < -0.4 is 5.32 Å². The molecule has 1 aliphatic carbocycles. The van der Waals surface area contributed by atoms with Gasteiger partial charge < -0.3 is 10.3 Å². The molecular formula is C14H15ClN4O2. The van der Waals surface area contributed by atoms with E-state index in [1.165, 1.54) is 25.0 Å². The molecule has 1 aliphatic rings. The zero-order chi connectivity index (χ0) is 14.8. The smallest absolute Gasteiger partial charge is 0.288 e. The molecule has 0 aliphatic heterocycles. The molecular weight excluding hydrogens is 292 g/mol. The van der Waals surface area contributed by atoms with Gasteiger partial charge in [0.2, 0.25) is 0 Å². The molecule has 1 aromatic heterocycles. The predicted octanol–water partition coefficient (Wildman–Crippen LogP) is 3.14. The molecule has 2 aromatic rings. The lowest BCUT2D eigenvalue weighted by Gasteiger charge is -2.01. The molecule has 7 heteroatoms. The number of nitrogens with one attached hydrogen (secondary N) is 2. The topological polar surface area (TPSA) is 83.8 Å². The Morgan fingerprint density at radius 2 is 2.29 bits per heavy atom. The van der Waals surface area contributed by atoms with Crippen LogP contribution in [-0.4, -0.2) is 21.4 Å². The summed E-state index contributed by atoms with van der Waals surface area (Å²) in [6.07, 6.45) is 4.30. The second-order valence-electron chi connectivity index (χ2n) is 5.24. The molecule has 110 valence electrons. The molecule has 0 saturated heterocycles. The van der Waals surface area contributed by atoms with Crippen LogP contribution in [0.3, 0.4) is 0 Å². The summed E-state index contributed by atoms with van der Waals surface area (Å²) in [5, 5.41) is 14.4. The SMILES string of the molecule is O=[N+]([O-])c1cc(-c2cnc(CNCC3CC3)[nH]2)ccc1Cl. The molecule has 1 aromatic carbocycles. The minimum Gasteiger partial charge on any atom is -0.341 e. The van der Waals surface area contributed by atoms with Crippen LogP contribution in [0.25, 0.3) is 11.3 Å². The maximum atomic E-state index is 10.9. The van der Waals surface area contributed by atoms with Crippen molar-refractivity contribution in [1.82, 2.24) is 15.3 Å². The molecule has 0 amide bonds. The van der Waals surface area contributed by atoms with Gasteiger partial charge in [-0.2, -0.15) is 0 Å². The number of H-pyrrole nitrogens is 1. The van der Waals surface area contributed by atoms with Gasteiger partial charge in [0.25, 0.3) is 5.69 Å². The van der Waals surface area contributed by atoms with E-state index < -0.39 is 4.92 Å². The minimum absolute atomic E-state index is 0.0998. The summed E-state index contributed by atoms with van der Waals surface area (Å²) in [7, 11) is 0. The van der Waals surface area contributed by atoms with Crippen molar-refractivity contribution < 1.29 is 4.92 Å². The lowest BCUT2D eigenvalue weighted by atomic mass is 10.1. The van der Waals surface area contributed by atoms with E-state index in [0.29, 0.717) is 12.1 Å². The maximum Gasteiger partial charge on any atom is 0.288 e. The third-order valence-electron chi connectivity index (χ3n) is 3.50. The number of rotatable bonds is 6. The monoisotopic (exact) mass is 306 g/mol. The fourth-order valence-corrected chi connectivity index (χ4v) is 2.32. The first kappa shape index (κ1) is 14.0. The Morgan fingerprint density at radius 1 is 1.48 bits per heavy atom. The van der Waals surface area contributed by atoms with Gasteiger partial charge in [-0.3, -0.25) is 10.1 Å². The predicted molar refractivity (Wildman–Crippen MR) is 80.1 cm³/mol. The number of imidazole rings is 1. The number of halogens is 1. The molecule has 1 saturated carbocycles. The van der Waals surface area contributed by atoms with Gasteiger partial charge in [0.1, 0.15) is 10.8 Å². The summed E-state index contributed by atoms with van der Waals surface area (Å²) in [6.45, 7) is 1.69. The lowest BCUT2D eigenvalue weighted by molar-refractivity contribution is -0.384. The Hall–Kier alpha value is -1.92. The van der Waals surface area contributed by atoms with Gasteiger partial charge in [-0.05, 0) is 31.4 Å². The second-order valence-corrected chi connectivity index (χ2v) is 5.65. The van der Waals surface area contributed by atoms with Crippen LogP contribution in [0.4, 0.5) is 5.69 Å². The summed E-state index contributed by atoms with van der Waals surface area (Å²) in [6, 6.07) is 4.72. The zero-order valence-corrected chi connectivity index (χ0v) is 12.1. The Kier molecular flexibility index (Phi) is 3.90. The minimum atomic E-state index is -0.486. The largest absolute Gasteiger partial charge is 0.341 e.